The number of carbonyl (C=O) groups excluding carboxylic acids is 1. The standard InChI is InChI=1S/C11H20N2O3/c1-11(2,3)16-10(14)13-4-8-6-15-7-9(5-13)12-8/h8-9,12H,4-7H2,1-3H3/t8-,9-/m0/s1. The van der Waals surface area contributed by atoms with Crippen molar-refractivity contribution in [2.75, 3.05) is 26.3 Å². The number of nitrogens with one attached hydrogen (secondary N) is 1. The Bertz CT molecular complexity index is 263. The zero-order valence-corrected chi connectivity index (χ0v) is 10.2. The van der Waals surface area contributed by atoms with E-state index in [-0.39, 0.29) is 18.2 Å². The Hall–Kier alpha value is -0.810. The minimum absolute atomic E-state index is 0.217. The molecule has 2 saturated heterocycles. The molecule has 2 aliphatic heterocycles. The van der Waals surface area contributed by atoms with Crippen LogP contribution in [0.5, 0.6) is 0 Å². The number of morpholine rings is 1. The molecule has 2 atom stereocenters. The topological polar surface area (TPSA) is 50.8 Å². The van der Waals surface area contributed by atoms with Gasteiger partial charge in [0.2, 0.25) is 0 Å². The number of piperazine rings is 1. The van der Waals surface area contributed by atoms with Crippen LogP contribution in [0.2, 0.25) is 0 Å². The minimum Gasteiger partial charge on any atom is -0.444 e. The Labute approximate surface area is 96.1 Å². The van der Waals surface area contributed by atoms with Gasteiger partial charge in [0, 0.05) is 25.2 Å². The lowest BCUT2D eigenvalue weighted by molar-refractivity contribution is -0.0238. The van der Waals surface area contributed by atoms with E-state index in [2.05, 4.69) is 5.32 Å². The molecular formula is C11H20N2O3. The molecule has 2 rings (SSSR count). The molecule has 1 amide bonds. The zero-order chi connectivity index (χ0) is 11.8. The number of nitrogens with zero attached hydrogens (tertiary/aromatic N) is 1. The van der Waals surface area contributed by atoms with Crippen molar-refractivity contribution < 1.29 is 14.3 Å². The van der Waals surface area contributed by atoms with Crippen LogP contribution in [-0.4, -0.2) is 55.0 Å². The average molecular weight is 228 g/mol. The highest BCUT2D eigenvalue weighted by molar-refractivity contribution is 5.68. The number of fused-ring (bicyclic) bond motifs is 2. The normalized spacial score (nSPS) is 30.1. The van der Waals surface area contributed by atoms with Crippen molar-refractivity contribution in [1.82, 2.24) is 10.2 Å². The summed E-state index contributed by atoms with van der Waals surface area (Å²) >= 11 is 0. The second kappa shape index (κ2) is 4.22. The molecule has 5 heteroatoms. The number of hydrogen-bond donors (Lipinski definition) is 1. The first-order chi connectivity index (χ1) is 7.44. The lowest BCUT2D eigenvalue weighted by Crippen LogP contribution is -2.64. The van der Waals surface area contributed by atoms with Gasteiger partial charge >= 0.3 is 6.09 Å². The van der Waals surface area contributed by atoms with Gasteiger partial charge in [0.25, 0.3) is 0 Å². The van der Waals surface area contributed by atoms with Gasteiger partial charge in [0.15, 0.2) is 0 Å². The second-order valence-corrected chi connectivity index (χ2v) is 5.48. The summed E-state index contributed by atoms with van der Waals surface area (Å²) in [6.45, 7) is 8.35. The van der Waals surface area contributed by atoms with Crippen LogP contribution in [0.25, 0.3) is 0 Å². The average Bonchev–Trinajstić information content (AvgIpc) is 2.14. The van der Waals surface area contributed by atoms with Crippen LogP contribution in [0.3, 0.4) is 0 Å². The van der Waals surface area contributed by atoms with Crippen LogP contribution in [0.1, 0.15) is 20.8 Å². The quantitative estimate of drug-likeness (QED) is 0.659. The van der Waals surface area contributed by atoms with Gasteiger partial charge in [-0.25, -0.2) is 4.79 Å². The van der Waals surface area contributed by atoms with E-state index in [9.17, 15) is 4.79 Å². The Morgan fingerprint density at radius 3 is 2.38 bits per heavy atom. The Morgan fingerprint density at radius 1 is 1.31 bits per heavy atom. The van der Waals surface area contributed by atoms with Gasteiger partial charge in [-0.2, -0.15) is 0 Å². The van der Waals surface area contributed by atoms with Crippen molar-refractivity contribution in [2.45, 2.75) is 38.5 Å². The van der Waals surface area contributed by atoms with Gasteiger partial charge < -0.3 is 19.7 Å². The van der Waals surface area contributed by atoms with Crippen LogP contribution >= 0.6 is 0 Å². The van der Waals surface area contributed by atoms with Crippen LogP contribution < -0.4 is 5.32 Å². The van der Waals surface area contributed by atoms with E-state index in [1.165, 1.54) is 0 Å². The molecule has 2 bridgehead atoms. The molecular weight excluding hydrogens is 208 g/mol. The summed E-state index contributed by atoms with van der Waals surface area (Å²) in [6, 6.07) is 0.500. The first-order valence-electron chi connectivity index (χ1n) is 5.76. The molecule has 0 aliphatic carbocycles. The molecule has 2 fully saturated rings. The van der Waals surface area contributed by atoms with E-state index in [0.29, 0.717) is 26.3 Å². The van der Waals surface area contributed by atoms with E-state index in [0.717, 1.165) is 0 Å². The second-order valence-electron chi connectivity index (χ2n) is 5.48. The smallest absolute Gasteiger partial charge is 0.410 e. The SMILES string of the molecule is CC(C)(C)OC(=O)N1C[C@H]2COC[C@H](C1)N2. The van der Waals surface area contributed by atoms with Crippen molar-refractivity contribution in [2.24, 2.45) is 0 Å². The molecule has 0 radical (unpaired) electrons. The lowest BCUT2D eigenvalue weighted by atomic mass is 10.1. The first-order valence-corrected chi connectivity index (χ1v) is 5.76. The van der Waals surface area contributed by atoms with Gasteiger partial charge in [-0.3, -0.25) is 0 Å². The van der Waals surface area contributed by atoms with Crippen LogP contribution in [-0.2, 0) is 9.47 Å². The highest BCUT2D eigenvalue weighted by atomic mass is 16.6. The number of carbonyl (C=O) groups is 1. The fourth-order valence-corrected chi connectivity index (χ4v) is 2.08. The van der Waals surface area contributed by atoms with E-state index < -0.39 is 5.60 Å². The molecule has 0 aromatic carbocycles. The fourth-order valence-electron chi connectivity index (χ4n) is 2.08. The van der Waals surface area contributed by atoms with Crippen LogP contribution in [0, 0.1) is 0 Å². The molecule has 2 heterocycles. The molecule has 16 heavy (non-hydrogen) atoms. The molecule has 0 aromatic rings. The van der Waals surface area contributed by atoms with E-state index in [1.807, 2.05) is 20.8 Å². The van der Waals surface area contributed by atoms with E-state index in [4.69, 9.17) is 9.47 Å². The van der Waals surface area contributed by atoms with Gasteiger partial charge in [-0.15, -0.1) is 0 Å². The third-order valence-electron chi connectivity index (χ3n) is 2.64. The van der Waals surface area contributed by atoms with E-state index in [1.54, 1.807) is 4.90 Å². The van der Waals surface area contributed by atoms with Gasteiger partial charge in [0.05, 0.1) is 13.2 Å². The summed E-state index contributed by atoms with van der Waals surface area (Å²) in [4.78, 5) is 13.7. The summed E-state index contributed by atoms with van der Waals surface area (Å²) < 4.78 is 10.8. The summed E-state index contributed by atoms with van der Waals surface area (Å²) in [5.41, 5.74) is -0.423. The maximum absolute atomic E-state index is 11.9. The van der Waals surface area contributed by atoms with Gasteiger partial charge in [-0.05, 0) is 20.8 Å². The molecule has 2 aliphatic rings. The molecule has 1 N–H and O–H groups in total. The van der Waals surface area contributed by atoms with Gasteiger partial charge in [0.1, 0.15) is 5.60 Å². The molecule has 0 saturated carbocycles. The third kappa shape index (κ3) is 2.86. The van der Waals surface area contributed by atoms with Gasteiger partial charge in [-0.1, -0.05) is 0 Å². The van der Waals surface area contributed by atoms with Crippen LogP contribution in [0.4, 0.5) is 4.79 Å². The highest BCUT2D eigenvalue weighted by Crippen LogP contribution is 2.15. The summed E-state index contributed by atoms with van der Waals surface area (Å²) in [5, 5.41) is 3.43. The molecule has 0 unspecified atom stereocenters. The summed E-state index contributed by atoms with van der Waals surface area (Å²) in [5.74, 6) is 0. The van der Waals surface area contributed by atoms with E-state index >= 15 is 0 Å². The Balaban J connectivity index is 1.92. The van der Waals surface area contributed by atoms with Crippen molar-refractivity contribution >= 4 is 6.09 Å². The number of amides is 1. The monoisotopic (exact) mass is 228 g/mol. The number of rotatable bonds is 0. The number of hydrogen-bond acceptors (Lipinski definition) is 4. The Kier molecular flexibility index (Phi) is 3.08. The third-order valence-corrected chi connectivity index (χ3v) is 2.64. The fraction of sp³-hybridized carbons (Fsp3) is 0.909. The lowest BCUT2D eigenvalue weighted by Gasteiger charge is -2.42. The summed E-state index contributed by atoms with van der Waals surface area (Å²) in [6.07, 6.45) is -0.217. The predicted octanol–water partition coefficient (Wildman–Crippen LogP) is 0.594. The predicted molar refractivity (Wildman–Crippen MR) is 59.3 cm³/mol. The van der Waals surface area contributed by atoms with Crippen molar-refractivity contribution in [3.05, 3.63) is 0 Å². The van der Waals surface area contributed by atoms with Crippen LogP contribution in [0.15, 0.2) is 0 Å². The largest absolute Gasteiger partial charge is 0.444 e. The van der Waals surface area contributed by atoms with Crippen molar-refractivity contribution in [3.63, 3.8) is 0 Å². The molecule has 0 spiro atoms. The molecule has 92 valence electrons. The first kappa shape index (κ1) is 11.7. The van der Waals surface area contributed by atoms with Crippen molar-refractivity contribution in [1.29, 1.82) is 0 Å². The number of ether oxygens (including phenoxy) is 2. The minimum atomic E-state index is -0.423. The Morgan fingerprint density at radius 2 is 1.88 bits per heavy atom. The zero-order valence-electron chi connectivity index (χ0n) is 10.2. The maximum Gasteiger partial charge on any atom is 0.410 e. The summed E-state index contributed by atoms with van der Waals surface area (Å²) in [7, 11) is 0. The highest BCUT2D eigenvalue weighted by Gasteiger charge is 2.34. The molecule has 0 aromatic heterocycles. The van der Waals surface area contributed by atoms with Crippen molar-refractivity contribution in [3.8, 4) is 0 Å². The maximum atomic E-state index is 11.9. The molecule has 5 nitrogen and oxygen atoms in total.